The number of aromatic nitrogens is 2. The molecule has 0 saturated heterocycles. The first kappa shape index (κ1) is 12.8. The van der Waals surface area contributed by atoms with Gasteiger partial charge in [0.15, 0.2) is 0 Å². The minimum Gasteiger partial charge on any atom is -0.496 e. The standard InChI is InChI=1S/C15H13ClN2O2/c1-19-11-7-4-8-12(20-2)13(11)15-17-10-6-3-5-9(16)14(10)18-15/h3-8H,1-2H3,(H,17,18). The van der Waals surface area contributed by atoms with Crippen molar-refractivity contribution >= 4 is 22.6 Å². The van der Waals surface area contributed by atoms with E-state index in [4.69, 9.17) is 21.1 Å². The number of hydrogen-bond donors (Lipinski definition) is 1. The third-order valence-corrected chi connectivity index (χ3v) is 3.43. The Balaban J connectivity index is 2.27. The Kier molecular flexibility index (Phi) is 3.24. The highest BCUT2D eigenvalue weighted by Gasteiger charge is 2.16. The molecule has 102 valence electrons. The lowest BCUT2D eigenvalue weighted by molar-refractivity contribution is 0.397. The molecule has 0 saturated carbocycles. The average molecular weight is 289 g/mol. The van der Waals surface area contributed by atoms with E-state index >= 15 is 0 Å². The fourth-order valence-corrected chi connectivity index (χ4v) is 2.42. The molecule has 20 heavy (non-hydrogen) atoms. The van der Waals surface area contributed by atoms with Gasteiger partial charge < -0.3 is 14.5 Å². The number of rotatable bonds is 3. The predicted octanol–water partition coefficient (Wildman–Crippen LogP) is 3.90. The molecule has 5 heteroatoms. The van der Waals surface area contributed by atoms with E-state index in [1.165, 1.54) is 0 Å². The second-order valence-electron chi connectivity index (χ2n) is 4.26. The minimum absolute atomic E-state index is 0.610. The van der Waals surface area contributed by atoms with Crippen molar-refractivity contribution in [2.45, 2.75) is 0 Å². The van der Waals surface area contributed by atoms with Gasteiger partial charge in [0.1, 0.15) is 28.4 Å². The van der Waals surface area contributed by atoms with Crippen LogP contribution in [0.5, 0.6) is 11.5 Å². The third kappa shape index (κ3) is 1.98. The lowest BCUT2D eigenvalue weighted by atomic mass is 10.1. The Bertz CT molecular complexity index is 745. The zero-order chi connectivity index (χ0) is 14.1. The van der Waals surface area contributed by atoms with E-state index in [1.807, 2.05) is 36.4 Å². The van der Waals surface area contributed by atoms with Crippen LogP contribution in [0.3, 0.4) is 0 Å². The fourth-order valence-electron chi connectivity index (χ4n) is 2.20. The molecule has 1 aromatic heterocycles. The van der Waals surface area contributed by atoms with Crippen molar-refractivity contribution in [3.63, 3.8) is 0 Å². The summed E-state index contributed by atoms with van der Waals surface area (Å²) in [5.41, 5.74) is 2.39. The molecule has 3 aromatic rings. The molecule has 0 aliphatic heterocycles. The molecule has 1 N–H and O–H groups in total. The Morgan fingerprint density at radius 1 is 1.00 bits per heavy atom. The number of ether oxygens (including phenoxy) is 2. The zero-order valence-corrected chi connectivity index (χ0v) is 11.9. The van der Waals surface area contributed by atoms with E-state index in [0.29, 0.717) is 22.3 Å². The van der Waals surface area contributed by atoms with Gasteiger partial charge in [-0.05, 0) is 24.3 Å². The van der Waals surface area contributed by atoms with Gasteiger partial charge in [-0.25, -0.2) is 4.98 Å². The number of hydrogen-bond acceptors (Lipinski definition) is 3. The molecule has 0 spiro atoms. The molecule has 0 amide bonds. The summed E-state index contributed by atoms with van der Waals surface area (Å²) < 4.78 is 10.8. The summed E-state index contributed by atoms with van der Waals surface area (Å²) in [5, 5.41) is 0.610. The van der Waals surface area contributed by atoms with Crippen molar-refractivity contribution in [1.82, 2.24) is 9.97 Å². The maximum Gasteiger partial charge on any atom is 0.146 e. The van der Waals surface area contributed by atoms with Gasteiger partial charge in [0.2, 0.25) is 0 Å². The molecule has 0 unspecified atom stereocenters. The Morgan fingerprint density at radius 3 is 2.25 bits per heavy atom. The van der Waals surface area contributed by atoms with Crippen molar-refractivity contribution < 1.29 is 9.47 Å². The van der Waals surface area contributed by atoms with Crippen LogP contribution in [-0.4, -0.2) is 24.2 Å². The summed E-state index contributed by atoms with van der Waals surface area (Å²) >= 11 is 6.16. The van der Waals surface area contributed by atoms with Gasteiger partial charge in [-0.2, -0.15) is 0 Å². The van der Waals surface area contributed by atoms with Gasteiger partial charge in [0.05, 0.1) is 24.8 Å². The predicted molar refractivity (Wildman–Crippen MR) is 79.6 cm³/mol. The number of nitrogens with one attached hydrogen (secondary N) is 1. The number of para-hydroxylation sites is 1. The first-order chi connectivity index (χ1) is 9.74. The zero-order valence-electron chi connectivity index (χ0n) is 11.1. The van der Waals surface area contributed by atoms with Gasteiger partial charge >= 0.3 is 0 Å². The van der Waals surface area contributed by atoms with Crippen LogP contribution < -0.4 is 9.47 Å². The van der Waals surface area contributed by atoms with Crippen molar-refractivity contribution in [3.8, 4) is 22.9 Å². The summed E-state index contributed by atoms with van der Waals surface area (Å²) in [4.78, 5) is 7.80. The normalized spacial score (nSPS) is 10.8. The molecule has 0 atom stereocenters. The van der Waals surface area contributed by atoms with E-state index < -0.39 is 0 Å². The minimum atomic E-state index is 0.610. The highest BCUT2D eigenvalue weighted by atomic mass is 35.5. The lowest BCUT2D eigenvalue weighted by Gasteiger charge is -2.10. The van der Waals surface area contributed by atoms with Gasteiger partial charge in [0, 0.05) is 0 Å². The molecule has 0 aliphatic carbocycles. The molecule has 0 fully saturated rings. The summed E-state index contributed by atoms with van der Waals surface area (Å²) in [6.45, 7) is 0. The van der Waals surface area contributed by atoms with Crippen LogP contribution in [-0.2, 0) is 0 Å². The van der Waals surface area contributed by atoms with Gasteiger partial charge in [-0.1, -0.05) is 23.7 Å². The largest absolute Gasteiger partial charge is 0.496 e. The Hall–Kier alpha value is -2.20. The van der Waals surface area contributed by atoms with Gasteiger partial charge in [-0.3, -0.25) is 0 Å². The first-order valence-electron chi connectivity index (χ1n) is 6.10. The van der Waals surface area contributed by atoms with E-state index in [1.54, 1.807) is 14.2 Å². The van der Waals surface area contributed by atoms with Crippen LogP contribution in [0.25, 0.3) is 22.4 Å². The van der Waals surface area contributed by atoms with Crippen molar-refractivity contribution in [3.05, 3.63) is 41.4 Å². The Labute approximate surface area is 121 Å². The van der Waals surface area contributed by atoms with Crippen LogP contribution in [0.4, 0.5) is 0 Å². The molecule has 1 heterocycles. The van der Waals surface area contributed by atoms with Crippen LogP contribution in [0.1, 0.15) is 0 Å². The van der Waals surface area contributed by atoms with Crippen LogP contribution >= 0.6 is 11.6 Å². The fraction of sp³-hybridized carbons (Fsp3) is 0.133. The molecule has 0 radical (unpaired) electrons. The highest BCUT2D eigenvalue weighted by Crippen LogP contribution is 2.38. The summed E-state index contributed by atoms with van der Waals surface area (Å²) in [6.07, 6.45) is 0. The lowest BCUT2D eigenvalue weighted by Crippen LogP contribution is -1.93. The number of imidazole rings is 1. The molecule has 0 bridgehead atoms. The van der Waals surface area contributed by atoms with Crippen LogP contribution in [0, 0.1) is 0 Å². The second-order valence-corrected chi connectivity index (χ2v) is 4.67. The molecule has 4 nitrogen and oxygen atoms in total. The quantitative estimate of drug-likeness (QED) is 0.795. The number of nitrogens with zero attached hydrogens (tertiary/aromatic N) is 1. The molecule has 2 aromatic carbocycles. The Morgan fingerprint density at radius 2 is 1.65 bits per heavy atom. The highest BCUT2D eigenvalue weighted by molar-refractivity contribution is 6.35. The summed E-state index contributed by atoms with van der Waals surface area (Å²) in [5.74, 6) is 2.06. The van der Waals surface area contributed by atoms with Crippen molar-refractivity contribution in [1.29, 1.82) is 0 Å². The van der Waals surface area contributed by atoms with Crippen LogP contribution in [0.2, 0.25) is 5.02 Å². The number of aromatic amines is 1. The maximum atomic E-state index is 6.16. The SMILES string of the molecule is COc1cccc(OC)c1-c1nc2c(Cl)cccc2[nH]1. The van der Waals surface area contributed by atoms with Crippen molar-refractivity contribution in [2.24, 2.45) is 0 Å². The molecular formula is C15H13ClN2O2. The topological polar surface area (TPSA) is 47.1 Å². The van der Waals surface area contributed by atoms with Gasteiger partial charge in [0.25, 0.3) is 0 Å². The molecule has 3 rings (SSSR count). The number of fused-ring (bicyclic) bond motifs is 1. The number of benzene rings is 2. The maximum absolute atomic E-state index is 6.16. The second kappa shape index (κ2) is 5.06. The summed E-state index contributed by atoms with van der Waals surface area (Å²) in [7, 11) is 3.24. The number of H-pyrrole nitrogens is 1. The van der Waals surface area contributed by atoms with E-state index in [2.05, 4.69) is 9.97 Å². The number of methoxy groups -OCH3 is 2. The van der Waals surface area contributed by atoms with Crippen molar-refractivity contribution in [2.75, 3.05) is 14.2 Å². The smallest absolute Gasteiger partial charge is 0.146 e. The third-order valence-electron chi connectivity index (χ3n) is 3.13. The van der Waals surface area contributed by atoms with Crippen LogP contribution in [0.15, 0.2) is 36.4 Å². The van der Waals surface area contributed by atoms with Gasteiger partial charge in [-0.15, -0.1) is 0 Å². The monoisotopic (exact) mass is 288 g/mol. The van der Waals surface area contributed by atoms with E-state index in [0.717, 1.165) is 16.6 Å². The molecule has 0 aliphatic rings. The van der Waals surface area contributed by atoms with E-state index in [-0.39, 0.29) is 0 Å². The first-order valence-corrected chi connectivity index (χ1v) is 6.48. The average Bonchev–Trinajstić information content (AvgIpc) is 2.91. The van der Waals surface area contributed by atoms with E-state index in [9.17, 15) is 0 Å². The number of halogens is 1. The summed E-state index contributed by atoms with van der Waals surface area (Å²) in [6, 6.07) is 11.2. The molecular weight excluding hydrogens is 276 g/mol.